The number of carbonyl (C=O) groups is 1. The molecule has 3 aromatic rings. The number of hydrogen-bond acceptors (Lipinski definition) is 5. The van der Waals surface area contributed by atoms with Crippen LogP contribution in [-0.4, -0.2) is 46.0 Å². The minimum atomic E-state index is -0.0778. The molecule has 1 amide bonds. The largest absolute Gasteiger partial charge is 0.451 e. The fourth-order valence-corrected chi connectivity index (χ4v) is 3.09. The number of benzene rings is 1. The van der Waals surface area contributed by atoms with Crippen molar-refractivity contribution in [3.05, 3.63) is 48.0 Å². The fraction of sp³-hybridized carbons (Fsp3) is 0.353. The second-order valence-electron chi connectivity index (χ2n) is 5.97. The molecule has 7 nitrogen and oxygen atoms in total. The van der Waals surface area contributed by atoms with Crippen LogP contribution in [-0.2, 0) is 11.3 Å². The molecule has 1 atom stereocenters. The van der Waals surface area contributed by atoms with E-state index in [1.807, 2.05) is 35.1 Å². The monoisotopic (exact) mass is 326 g/mol. The van der Waals surface area contributed by atoms with Crippen LogP contribution in [0.3, 0.4) is 0 Å². The van der Waals surface area contributed by atoms with Gasteiger partial charge < -0.3 is 14.1 Å². The number of furan rings is 1. The van der Waals surface area contributed by atoms with Crippen molar-refractivity contribution >= 4 is 16.9 Å². The number of para-hydroxylation sites is 1. The van der Waals surface area contributed by atoms with E-state index in [4.69, 9.17) is 9.15 Å². The third-order valence-electron chi connectivity index (χ3n) is 4.31. The van der Waals surface area contributed by atoms with Gasteiger partial charge >= 0.3 is 0 Å². The first-order valence-electron chi connectivity index (χ1n) is 7.92. The van der Waals surface area contributed by atoms with Gasteiger partial charge in [0.25, 0.3) is 5.91 Å². The van der Waals surface area contributed by atoms with E-state index in [1.165, 1.54) is 0 Å². The van der Waals surface area contributed by atoms with Gasteiger partial charge in [0.2, 0.25) is 0 Å². The maximum atomic E-state index is 12.7. The van der Waals surface area contributed by atoms with Gasteiger partial charge in [-0.15, -0.1) is 5.10 Å². The molecule has 3 heterocycles. The SMILES string of the molecule is COCc1cn(C2CCN(C(=O)c3cc4ccccc4o3)C2)nn1. The standard InChI is InChI=1S/C17H18N4O3/c1-23-11-13-9-21(19-18-13)14-6-7-20(10-14)17(22)16-8-12-4-2-3-5-15(12)24-16/h2-5,8-9,14H,6-7,10-11H2,1H3. The second kappa shape index (κ2) is 6.09. The molecule has 0 radical (unpaired) electrons. The lowest BCUT2D eigenvalue weighted by Crippen LogP contribution is -2.28. The number of rotatable bonds is 4. The van der Waals surface area contributed by atoms with Crippen LogP contribution in [0.5, 0.6) is 0 Å². The third-order valence-corrected chi connectivity index (χ3v) is 4.31. The van der Waals surface area contributed by atoms with Crippen LogP contribution < -0.4 is 0 Å². The summed E-state index contributed by atoms with van der Waals surface area (Å²) in [5.41, 5.74) is 1.52. The van der Waals surface area contributed by atoms with Crippen molar-refractivity contribution in [1.29, 1.82) is 0 Å². The van der Waals surface area contributed by atoms with E-state index < -0.39 is 0 Å². The number of amides is 1. The van der Waals surface area contributed by atoms with E-state index in [1.54, 1.807) is 18.1 Å². The van der Waals surface area contributed by atoms with Gasteiger partial charge in [-0.1, -0.05) is 23.4 Å². The topological polar surface area (TPSA) is 73.4 Å². The predicted molar refractivity (Wildman–Crippen MR) is 86.5 cm³/mol. The highest BCUT2D eigenvalue weighted by Gasteiger charge is 2.30. The molecule has 1 aliphatic heterocycles. The van der Waals surface area contributed by atoms with Crippen LogP contribution in [0.1, 0.15) is 28.7 Å². The van der Waals surface area contributed by atoms with E-state index in [0.717, 1.165) is 23.1 Å². The molecule has 0 bridgehead atoms. The van der Waals surface area contributed by atoms with E-state index in [9.17, 15) is 4.79 Å². The van der Waals surface area contributed by atoms with Crippen LogP contribution in [0.15, 0.2) is 40.9 Å². The minimum Gasteiger partial charge on any atom is -0.451 e. The zero-order valence-electron chi connectivity index (χ0n) is 13.4. The molecule has 0 N–H and O–H groups in total. The van der Waals surface area contributed by atoms with Crippen molar-refractivity contribution in [3.63, 3.8) is 0 Å². The molecule has 0 spiro atoms. The molecule has 4 rings (SSSR count). The highest BCUT2D eigenvalue weighted by molar-refractivity contribution is 5.96. The molecular weight excluding hydrogens is 308 g/mol. The van der Waals surface area contributed by atoms with E-state index in [-0.39, 0.29) is 11.9 Å². The van der Waals surface area contributed by atoms with Gasteiger partial charge in [-0.25, -0.2) is 4.68 Å². The highest BCUT2D eigenvalue weighted by atomic mass is 16.5. The molecule has 1 unspecified atom stereocenters. The first-order chi connectivity index (χ1) is 11.7. The number of aromatic nitrogens is 3. The lowest BCUT2D eigenvalue weighted by molar-refractivity contribution is 0.0757. The first-order valence-corrected chi connectivity index (χ1v) is 7.92. The van der Waals surface area contributed by atoms with Crippen molar-refractivity contribution in [1.82, 2.24) is 19.9 Å². The first kappa shape index (κ1) is 14.9. The van der Waals surface area contributed by atoms with Crippen molar-refractivity contribution in [2.75, 3.05) is 20.2 Å². The summed E-state index contributed by atoms with van der Waals surface area (Å²) in [4.78, 5) is 14.5. The van der Waals surface area contributed by atoms with Crippen molar-refractivity contribution in [2.45, 2.75) is 19.1 Å². The van der Waals surface area contributed by atoms with Crippen LogP contribution in [0.2, 0.25) is 0 Å². The summed E-state index contributed by atoms with van der Waals surface area (Å²) in [6.07, 6.45) is 2.73. The molecule has 1 fully saturated rings. The molecule has 2 aromatic heterocycles. The summed E-state index contributed by atoms with van der Waals surface area (Å²) in [7, 11) is 1.63. The Balaban J connectivity index is 1.48. The van der Waals surface area contributed by atoms with Crippen LogP contribution in [0.25, 0.3) is 11.0 Å². The second-order valence-corrected chi connectivity index (χ2v) is 5.97. The Labute approximate surface area is 138 Å². The van der Waals surface area contributed by atoms with Gasteiger partial charge in [0.05, 0.1) is 18.8 Å². The van der Waals surface area contributed by atoms with Gasteiger partial charge in [0, 0.05) is 25.6 Å². The Morgan fingerprint density at radius 1 is 1.42 bits per heavy atom. The number of fused-ring (bicyclic) bond motifs is 1. The number of carbonyl (C=O) groups excluding carboxylic acids is 1. The summed E-state index contributed by atoms with van der Waals surface area (Å²) < 4.78 is 12.6. The van der Waals surface area contributed by atoms with Gasteiger partial charge in [-0.3, -0.25) is 4.79 Å². The summed E-state index contributed by atoms with van der Waals surface area (Å²) in [5, 5.41) is 9.16. The molecule has 0 aliphatic carbocycles. The lowest BCUT2D eigenvalue weighted by Gasteiger charge is -2.14. The van der Waals surface area contributed by atoms with Gasteiger partial charge in [0.15, 0.2) is 5.76 Å². The van der Waals surface area contributed by atoms with Crippen LogP contribution in [0.4, 0.5) is 0 Å². The van der Waals surface area contributed by atoms with E-state index in [0.29, 0.717) is 25.5 Å². The number of ether oxygens (including phenoxy) is 1. The fourth-order valence-electron chi connectivity index (χ4n) is 3.09. The minimum absolute atomic E-state index is 0.0778. The summed E-state index contributed by atoms with van der Waals surface area (Å²) in [6, 6.07) is 9.57. The molecule has 0 saturated carbocycles. The molecular formula is C17H18N4O3. The molecule has 1 aliphatic rings. The zero-order chi connectivity index (χ0) is 16.5. The maximum absolute atomic E-state index is 12.7. The van der Waals surface area contributed by atoms with E-state index >= 15 is 0 Å². The normalized spacial score (nSPS) is 17.7. The van der Waals surface area contributed by atoms with Crippen molar-refractivity contribution in [2.24, 2.45) is 0 Å². The van der Waals surface area contributed by atoms with Crippen LogP contribution in [0, 0.1) is 0 Å². The molecule has 24 heavy (non-hydrogen) atoms. The Bertz CT molecular complexity index is 836. The zero-order valence-corrected chi connectivity index (χ0v) is 13.4. The average molecular weight is 326 g/mol. The number of likely N-dealkylation sites (tertiary alicyclic amines) is 1. The quantitative estimate of drug-likeness (QED) is 0.735. The van der Waals surface area contributed by atoms with Crippen molar-refractivity contribution in [3.8, 4) is 0 Å². The van der Waals surface area contributed by atoms with Gasteiger partial charge in [-0.05, 0) is 18.6 Å². The van der Waals surface area contributed by atoms with E-state index in [2.05, 4.69) is 10.3 Å². The maximum Gasteiger partial charge on any atom is 0.289 e. The number of nitrogens with zero attached hydrogens (tertiary/aromatic N) is 4. The third kappa shape index (κ3) is 2.67. The summed E-state index contributed by atoms with van der Waals surface area (Å²) in [5.74, 6) is 0.307. The molecule has 1 saturated heterocycles. The Morgan fingerprint density at radius 2 is 2.29 bits per heavy atom. The predicted octanol–water partition coefficient (Wildman–Crippen LogP) is 2.26. The van der Waals surface area contributed by atoms with Gasteiger partial charge in [0.1, 0.15) is 11.3 Å². The smallest absolute Gasteiger partial charge is 0.289 e. The Hall–Kier alpha value is -2.67. The molecule has 124 valence electrons. The molecule has 1 aromatic carbocycles. The molecule has 7 heteroatoms. The lowest BCUT2D eigenvalue weighted by atomic mass is 10.2. The van der Waals surface area contributed by atoms with Crippen LogP contribution >= 0.6 is 0 Å². The Kier molecular flexibility index (Phi) is 3.78. The number of methoxy groups -OCH3 is 1. The summed E-state index contributed by atoms with van der Waals surface area (Å²) >= 11 is 0. The Morgan fingerprint density at radius 3 is 3.12 bits per heavy atom. The van der Waals surface area contributed by atoms with Crippen molar-refractivity contribution < 1.29 is 13.9 Å². The highest BCUT2D eigenvalue weighted by Crippen LogP contribution is 2.25. The van der Waals surface area contributed by atoms with Gasteiger partial charge in [-0.2, -0.15) is 0 Å². The average Bonchev–Trinajstić information content (AvgIpc) is 3.32. The summed E-state index contributed by atoms with van der Waals surface area (Å²) in [6.45, 7) is 1.72. The number of hydrogen-bond donors (Lipinski definition) is 0.